The molecular formula is C6H8ClN3O. The van der Waals surface area contributed by atoms with Crippen LogP contribution in [0.1, 0.15) is 5.69 Å². The molecule has 1 aromatic heterocycles. The second kappa shape index (κ2) is 3.39. The lowest BCUT2D eigenvalue weighted by molar-refractivity contribution is -0.109. The number of nitrogens with zero attached hydrogens (tertiary/aromatic N) is 2. The zero-order valence-electron chi connectivity index (χ0n) is 6.04. The van der Waals surface area contributed by atoms with Gasteiger partial charge >= 0.3 is 0 Å². The summed E-state index contributed by atoms with van der Waals surface area (Å²) in [6, 6.07) is 0. The van der Waals surface area contributed by atoms with Crippen molar-refractivity contribution in [3.05, 3.63) is 16.9 Å². The number of carbonyl (C=O) groups excluding carboxylic acids is 1. The normalized spacial score (nSPS) is 9.64. The number of aromatic nitrogens is 2. The highest BCUT2D eigenvalue weighted by molar-refractivity contribution is 6.31. The highest BCUT2D eigenvalue weighted by atomic mass is 35.5. The third kappa shape index (κ3) is 1.94. The quantitative estimate of drug-likeness (QED) is 0.670. The SMILES string of the molecule is Cn1cc(Cl)c(CNC=O)n1. The van der Waals surface area contributed by atoms with E-state index in [4.69, 9.17) is 11.6 Å². The van der Waals surface area contributed by atoms with Gasteiger partial charge in [0.15, 0.2) is 0 Å². The lowest BCUT2D eigenvalue weighted by Gasteiger charge is -1.92. The topological polar surface area (TPSA) is 46.9 Å². The molecule has 1 rings (SSSR count). The fourth-order valence-corrected chi connectivity index (χ4v) is 1.01. The van der Waals surface area contributed by atoms with E-state index in [1.807, 2.05) is 0 Å². The van der Waals surface area contributed by atoms with Gasteiger partial charge in [-0.2, -0.15) is 5.10 Å². The van der Waals surface area contributed by atoms with Crippen LogP contribution in [0.5, 0.6) is 0 Å². The number of aryl methyl sites for hydroxylation is 1. The van der Waals surface area contributed by atoms with E-state index >= 15 is 0 Å². The lowest BCUT2D eigenvalue weighted by atomic mass is 10.4. The van der Waals surface area contributed by atoms with Crippen molar-refractivity contribution < 1.29 is 4.79 Å². The molecule has 0 radical (unpaired) electrons. The Morgan fingerprint density at radius 1 is 1.91 bits per heavy atom. The van der Waals surface area contributed by atoms with Gasteiger partial charge in [-0.3, -0.25) is 9.48 Å². The Labute approximate surface area is 69.1 Å². The molecule has 0 saturated heterocycles. The Hall–Kier alpha value is -1.03. The summed E-state index contributed by atoms with van der Waals surface area (Å²) in [6.07, 6.45) is 2.30. The zero-order chi connectivity index (χ0) is 8.27. The standard InChI is InChI=1S/C6H8ClN3O/c1-10-3-5(7)6(9-10)2-8-4-11/h3-4H,2H2,1H3,(H,8,11). The second-order valence-electron chi connectivity index (χ2n) is 2.10. The Morgan fingerprint density at radius 3 is 3.09 bits per heavy atom. The predicted molar refractivity (Wildman–Crippen MR) is 41.1 cm³/mol. The Kier molecular flexibility index (Phi) is 2.48. The average Bonchev–Trinajstić information content (AvgIpc) is 2.26. The molecule has 1 amide bonds. The van der Waals surface area contributed by atoms with Crippen LogP contribution >= 0.6 is 11.6 Å². The Balaban J connectivity index is 2.69. The molecule has 1 aromatic rings. The average molecular weight is 174 g/mol. The Bertz CT molecular complexity index is 258. The zero-order valence-corrected chi connectivity index (χ0v) is 6.80. The summed E-state index contributed by atoms with van der Waals surface area (Å²) in [5.41, 5.74) is 0.682. The van der Waals surface area contributed by atoms with Gasteiger partial charge in [-0.05, 0) is 0 Å². The minimum absolute atomic E-state index is 0.378. The summed E-state index contributed by atoms with van der Waals surface area (Å²) in [4.78, 5) is 9.91. The van der Waals surface area contributed by atoms with Crippen molar-refractivity contribution in [3.63, 3.8) is 0 Å². The molecule has 0 aliphatic rings. The molecule has 0 unspecified atom stereocenters. The molecule has 0 spiro atoms. The van der Waals surface area contributed by atoms with Gasteiger partial charge in [0.05, 0.1) is 11.6 Å². The molecule has 0 aliphatic carbocycles. The summed E-state index contributed by atoms with van der Waals surface area (Å²) in [7, 11) is 1.77. The first-order valence-electron chi connectivity index (χ1n) is 3.09. The van der Waals surface area contributed by atoms with Crippen LogP contribution in [0, 0.1) is 0 Å². The number of hydrogen-bond acceptors (Lipinski definition) is 2. The van der Waals surface area contributed by atoms with Crippen molar-refractivity contribution in [2.75, 3.05) is 0 Å². The molecular weight excluding hydrogens is 166 g/mol. The fraction of sp³-hybridized carbons (Fsp3) is 0.333. The monoisotopic (exact) mass is 173 g/mol. The van der Waals surface area contributed by atoms with E-state index in [1.165, 1.54) is 0 Å². The molecule has 0 fully saturated rings. The first-order valence-corrected chi connectivity index (χ1v) is 3.47. The number of nitrogens with one attached hydrogen (secondary N) is 1. The second-order valence-corrected chi connectivity index (χ2v) is 2.50. The van der Waals surface area contributed by atoms with Crippen molar-refractivity contribution in [1.29, 1.82) is 0 Å². The lowest BCUT2D eigenvalue weighted by Crippen LogP contribution is -2.10. The smallest absolute Gasteiger partial charge is 0.207 e. The van der Waals surface area contributed by atoms with Crippen molar-refractivity contribution in [2.24, 2.45) is 7.05 Å². The molecule has 1 heterocycles. The molecule has 0 aromatic carbocycles. The van der Waals surface area contributed by atoms with E-state index in [-0.39, 0.29) is 0 Å². The van der Waals surface area contributed by atoms with Gasteiger partial charge in [-0.1, -0.05) is 11.6 Å². The molecule has 1 N–H and O–H groups in total. The van der Waals surface area contributed by atoms with Gasteiger partial charge in [0.2, 0.25) is 6.41 Å². The fourth-order valence-electron chi connectivity index (χ4n) is 0.764. The largest absolute Gasteiger partial charge is 0.353 e. The van der Waals surface area contributed by atoms with Gasteiger partial charge in [0.25, 0.3) is 0 Å². The van der Waals surface area contributed by atoms with Crippen molar-refractivity contribution in [1.82, 2.24) is 15.1 Å². The van der Waals surface area contributed by atoms with Crippen LogP contribution in [-0.4, -0.2) is 16.2 Å². The van der Waals surface area contributed by atoms with Crippen LogP contribution in [0.3, 0.4) is 0 Å². The number of carbonyl (C=O) groups is 1. The first kappa shape index (κ1) is 8.07. The third-order valence-corrected chi connectivity index (χ3v) is 1.52. The highest BCUT2D eigenvalue weighted by Crippen LogP contribution is 2.11. The molecule has 0 atom stereocenters. The number of hydrogen-bond donors (Lipinski definition) is 1. The summed E-state index contributed by atoms with van der Waals surface area (Å²) in [5.74, 6) is 0. The minimum Gasteiger partial charge on any atom is -0.353 e. The maximum absolute atomic E-state index is 9.91. The van der Waals surface area contributed by atoms with Crippen LogP contribution in [0.4, 0.5) is 0 Å². The molecule has 0 aliphatic heterocycles. The van der Waals surface area contributed by atoms with Crippen molar-refractivity contribution >= 4 is 18.0 Å². The predicted octanol–water partition coefficient (Wildman–Crippen LogP) is 0.319. The van der Waals surface area contributed by atoms with E-state index in [0.717, 1.165) is 0 Å². The van der Waals surface area contributed by atoms with Gasteiger partial charge < -0.3 is 5.32 Å². The molecule has 60 valence electrons. The van der Waals surface area contributed by atoms with Crippen LogP contribution in [-0.2, 0) is 18.4 Å². The first-order chi connectivity index (χ1) is 5.24. The van der Waals surface area contributed by atoms with Crippen LogP contribution < -0.4 is 5.32 Å². The van der Waals surface area contributed by atoms with Gasteiger partial charge in [0.1, 0.15) is 5.69 Å². The number of halogens is 1. The number of rotatable bonds is 3. The van der Waals surface area contributed by atoms with Crippen LogP contribution in [0.2, 0.25) is 5.02 Å². The summed E-state index contributed by atoms with van der Waals surface area (Å²) in [5, 5.41) is 7.06. The summed E-state index contributed by atoms with van der Waals surface area (Å²) >= 11 is 5.74. The maximum atomic E-state index is 9.91. The summed E-state index contributed by atoms with van der Waals surface area (Å²) < 4.78 is 1.60. The van der Waals surface area contributed by atoms with E-state index in [2.05, 4.69) is 10.4 Å². The van der Waals surface area contributed by atoms with Gasteiger partial charge in [0, 0.05) is 13.2 Å². The van der Waals surface area contributed by atoms with Gasteiger partial charge in [-0.15, -0.1) is 0 Å². The molecule has 0 bridgehead atoms. The third-order valence-electron chi connectivity index (χ3n) is 1.21. The van der Waals surface area contributed by atoms with E-state index < -0.39 is 0 Å². The molecule has 11 heavy (non-hydrogen) atoms. The number of amides is 1. The highest BCUT2D eigenvalue weighted by Gasteiger charge is 2.02. The van der Waals surface area contributed by atoms with E-state index in [9.17, 15) is 4.79 Å². The van der Waals surface area contributed by atoms with Crippen molar-refractivity contribution in [3.8, 4) is 0 Å². The van der Waals surface area contributed by atoms with E-state index in [0.29, 0.717) is 23.7 Å². The Morgan fingerprint density at radius 2 is 2.64 bits per heavy atom. The minimum atomic E-state index is 0.378. The van der Waals surface area contributed by atoms with Crippen LogP contribution in [0.15, 0.2) is 6.20 Å². The summed E-state index contributed by atoms with van der Waals surface area (Å²) in [6.45, 7) is 0.378. The van der Waals surface area contributed by atoms with Crippen molar-refractivity contribution in [2.45, 2.75) is 6.54 Å². The van der Waals surface area contributed by atoms with Gasteiger partial charge in [-0.25, -0.2) is 0 Å². The van der Waals surface area contributed by atoms with Crippen LogP contribution in [0.25, 0.3) is 0 Å². The molecule has 4 nitrogen and oxygen atoms in total. The maximum Gasteiger partial charge on any atom is 0.207 e. The molecule has 0 saturated carbocycles. The molecule has 5 heteroatoms. The van der Waals surface area contributed by atoms with E-state index in [1.54, 1.807) is 17.9 Å².